The number of rotatable bonds is 4. The first-order chi connectivity index (χ1) is 16.6. The summed E-state index contributed by atoms with van der Waals surface area (Å²) in [4.78, 5) is 16.9. The van der Waals surface area contributed by atoms with Crippen LogP contribution in [0.15, 0.2) is 42.6 Å². The van der Waals surface area contributed by atoms with Gasteiger partial charge in [0, 0.05) is 57.1 Å². The van der Waals surface area contributed by atoms with Crippen LogP contribution in [0.4, 0.5) is 5.69 Å². The minimum atomic E-state index is -0.353. The van der Waals surface area contributed by atoms with E-state index in [4.69, 9.17) is 4.74 Å². The number of hydrogen-bond donors (Lipinski definition) is 2. The number of benzene rings is 2. The van der Waals surface area contributed by atoms with Crippen molar-refractivity contribution in [3.05, 3.63) is 59.3 Å². The second-order valence-corrected chi connectivity index (χ2v) is 9.32. The van der Waals surface area contributed by atoms with E-state index in [1.54, 1.807) is 0 Å². The number of nitrogens with one attached hydrogen (secondary N) is 2. The highest BCUT2D eigenvalue weighted by Gasteiger charge is 2.30. The van der Waals surface area contributed by atoms with E-state index in [1.165, 1.54) is 11.1 Å². The van der Waals surface area contributed by atoms with Gasteiger partial charge in [-0.25, -0.2) is 0 Å². The fourth-order valence-corrected chi connectivity index (χ4v) is 4.98. The molecular formula is C27H31N5O2. The predicted octanol–water partition coefficient (Wildman–Crippen LogP) is 3.03. The van der Waals surface area contributed by atoms with Crippen LogP contribution in [0.1, 0.15) is 29.5 Å². The van der Waals surface area contributed by atoms with Crippen molar-refractivity contribution in [3.63, 3.8) is 0 Å². The van der Waals surface area contributed by atoms with Crippen LogP contribution in [0.25, 0.3) is 17.2 Å². The highest BCUT2D eigenvalue weighted by molar-refractivity contribution is 5.81. The molecule has 2 saturated heterocycles. The largest absolute Gasteiger partial charge is 0.382 e. The standard InChI is InChI=1S/C27H31N5O2/c1-31-9-5-21-14-22(20-4-2-3-19(13-20)16-28)15-25(24(21)18-31)30-23-6-10-32(11-7-23)27(33)26-17-29-8-12-34-26/h2-5,9,13-15,23,26,29-30H,6-8,10-12,17-18H2,1H3. The molecule has 1 unspecified atom stereocenters. The van der Waals surface area contributed by atoms with Gasteiger partial charge in [-0.05, 0) is 66.1 Å². The average molecular weight is 458 g/mol. The molecule has 2 aromatic carbocycles. The first-order valence-electron chi connectivity index (χ1n) is 12.0. The smallest absolute Gasteiger partial charge is 0.253 e. The van der Waals surface area contributed by atoms with Crippen LogP contribution in [-0.4, -0.2) is 67.7 Å². The number of anilines is 1. The van der Waals surface area contributed by atoms with Crippen molar-refractivity contribution in [1.82, 2.24) is 15.1 Å². The molecular weight excluding hydrogens is 426 g/mol. The summed E-state index contributed by atoms with van der Waals surface area (Å²) in [5.41, 5.74) is 6.42. The number of ether oxygens (including phenoxy) is 1. The van der Waals surface area contributed by atoms with Gasteiger partial charge in [0.1, 0.15) is 6.10 Å². The maximum Gasteiger partial charge on any atom is 0.253 e. The van der Waals surface area contributed by atoms with E-state index in [0.29, 0.717) is 24.8 Å². The van der Waals surface area contributed by atoms with Gasteiger partial charge in [0.15, 0.2) is 0 Å². The van der Waals surface area contributed by atoms with Crippen molar-refractivity contribution >= 4 is 17.7 Å². The van der Waals surface area contributed by atoms with E-state index in [-0.39, 0.29) is 12.0 Å². The van der Waals surface area contributed by atoms with Crippen molar-refractivity contribution in [3.8, 4) is 17.2 Å². The zero-order valence-corrected chi connectivity index (χ0v) is 19.6. The normalized spacial score (nSPS) is 20.5. The van der Waals surface area contributed by atoms with Gasteiger partial charge < -0.3 is 25.2 Å². The molecule has 5 rings (SSSR count). The lowest BCUT2D eigenvalue weighted by atomic mass is 9.93. The molecule has 3 aliphatic rings. The topological polar surface area (TPSA) is 80.6 Å². The Labute approximate surface area is 201 Å². The molecule has 34 heavy (non-hydrogen) atoms. The predicted molar refractivity (Wildman–Crippen MR) is 133 cm³/mol. The SMILES string of the molecule is CN1C=Cc2cc(-c3cccc(C#N)c3)cc(NC3CCN(C(=O)C4CNCCO4)CC3)c2C1. The highest BCUT2D eigenvalue weighted by Crippen LogP contribution is 2.34. The molecule has 7 nitrogen and oxygen atoms in total. The Hall–Kier alpha value is -3.34. The van der Waals surface area contributed by atoms with Crippen molar-refractivity contribution in [2.75, 3.05) is 45.2 Å². The summed E-state index contributed by atoms with van der Waals surface area (Å²) in [7, 11) is 2.08. The molecule has 7 heteroatoms. The first kappa shape index (κ1) is 22.5. The molecule has 0 radical (unpaired) electrons. The lowest BCUT2D eigenvalue weighted by Crippen LogP contribution is -2.52. The van der Waals surface area contributed by atoms with Crippen molar-refractivity contribution in [2.24, 2.45) is 0 Å². The van der Waals surface area contributed by atoms with Crippen molar-refractivity contribution < 1.29 is 9.53 Å². The lowest BCUT2D eigenvalue weighted by Gasteiger charge is -2.36. The highest BCUT2D eigenvalue weighted by atomic mass is 16.5. The van der Waals surface area contributed by atoms with E-state index in [2.05, 4.69) is 59.1 Å². The maximum atomic E-state index is 12.8. The van der Waals surface area contributed by atoms with Gasteiger partial charge in [-0.15, -0.1) is 0 Å². The number of nitriles is 1. The summed E-state index contributed by atoms with van der Waals surface area (Å²) >= 11 is 0. The molecule has 0 spiro atoms. The summed E-state index contributed by atoms with van der Waals surface area (Å²) in [5, 5.41) is 16.4. The van der Waals surface area contributed by atoms with Gasteiger partial charge in [0.2, 0.25) is 0 Å². The van der Waals surface area contributed by atoms with Crippen LogP contribution < -0.4 is 10.6 Å². The van der Waals surface area contributed by atoms with E-state index >= 15 is 0 Å². The molecule has 176 valence electrons. The summed E-state index contributed by atoms with van der Waals surface area (Å²) < 4.78 is 5.66. The number of carbonyl (C=O) groups is 1. The van der Waals surface area contributed by atoms with E-state index in [0.717, 1.165) is 55.8 Å². The van der Waals surface area contributed by atoms with Crippen LogP contribution in [0.5, 0.6) is 0 Å². The zero-order chi connectivity index (χ0) is 23.5. The molecule has 0 aromatic heterocycles. The minimum Gasteiger partial charge on any atom is -0.382 e. The minimum absolute atomic E-state index is 0.106. The molecule has 2 aromatic rings. The third-order valence-electron chi connectivity index (χ3n) is 6.89. The quantitative estimate of drug-likeness (QED) is 0.735. The number of likely N-dealkylation sites (tertiary alicyclic amines) is 1. The monoisotopic (exact) mass is 457 g/mol. The molecule has 0 saturated carbocycles. The van der Waals surface area contributed by atoms with Gasteiger partial charge in [0.05, 0.1) is 18.2 Å². The number of nitrogens with zero attached hydrogens (tertiary/aromatic N) is 3. The first-order valence-corrected chi connectivity index (χ1v) is 12.0. The van der Waals surface area contributed by atoms with Crippen LogP contribution in [0.3, 0.4) is 0 Å². The molecule has 3 aliphatic heterocycles. The Morgan fingerprint density at radius 2 is 2.06 bits per heavy atom. The average Bonchev–Trinajstić information content (AvgIpc) is 2.89. The molecule has 2 N–H and O–H groups in total. The van der Waals surface area contributed by atoms with Crippen molar-refractivity contribution in [2.45, 2.75) is 31.5 Å². The second-order valence-electron chi connectivity index (χ2n) is 9.32. The van der Waals surface area contributed by atoms with E-state index in [1.807, 2.05) is 23.1 Å². The lowest BCUT2D eigenvalue weighted by molar-refractivity contribution is -0.146. The summed E-state index contributed by atoms with van der Waals surface area (Å²) in [6.07, 6.45) is 5.71. The summed E-state index contributed by atoms with van der Waals surface area (Å²) in [5.74, 6) is 0.106. The zero-order valence-electron chi connectivity index (χ0n) is 19.6. The third kappa shape index (κ3) is 4.79. The number of morpholine rings is 1. The van der Waals surface area contributed by atoms with Crippen LogP contribution in [0, 0.1) is 11.3 Å². The van der Waals surface area contributed by atoms with Crippen LogP contribution in [0.2, 0.25) is 0 Å². The van der Waals surface area contributed by atoms with Gasteiger partial charge in [-0.1, -0.05) is 12.1 Å². The fraction of sp³-hybridized carbons (Fsp3) is 0.407. The Morgan fingerprint density at radius 3 is 2.82 bits per heavy atom. The van der Waals surface area contributed by atoms with E-state index in [9.17, 15) is 10.1 Å². The van der Waals surface area contributed by atoms with Crippen LogP contribution >= 0.6 is 0 Å². The van der Waals surface area contributed by atoms with Gasteiger partial charge in [-0.2, -0.15) is 5.26 Å². The summed E-state index contributed by atoms with van der Waals surface area (Å²) in [6, 6.07) is 14.7. The van der Waals surface area contributed by atoms with Gasteiger partial charge >= 0.3 is 0 Å². The summed E-state index contributed by atoms with van der Waals surface area (Å²) in [6.45, 7) is 4.32. The number of amides is 1. The molecule has 1 atom stereocenters. The Bertz CT molecular complexity index is 1120. The molecule has 3 heterocycles. The van der Waals surface area contributed by atoms with Crippen molar-refractivity contribution in [1.29, 1.82) is 5.26 Å². The third-order valence-corrected chi connectivity index (χ3v) is 6.89. The van der Waals surface area contributed by atoms with Gasteiger partial charge in [0.25, 0.3) is 5.91 Å². The number of hydrogen-bond acceptors (Lipinski definition) is 6. The Balaban J connectivity index is 1.33. The second kappa shape index (κ2) is 9.88. The van der Waals surface area contributed by atoms with E-state index < -0.39 is 0 Å². The van der Waals surface area contributed by atoms with Crippen LogP contribution in [-0.2, 0) is 16.1 Å². The molecule has 0 aliphatic carbocycles. The van der Waals surface area contributed by atoms with Gasteiger partial charge in [-0.3, -0.25) is 4.79 Å². The fourth-order valence-electron chi connectivity index (χ4n) is 4.98. The number of fused-ring (bicyclic) bond motifs is 1. The molecule has 0 bridgehead atoms. The molecule has 1 amide bonds. The number of carbonyl (C=O) groups excluding carboxylic acids is 1. The Morgan fingerprint density at radius 1 is 1.21 bits per heavy atom. The molecule has 2 fully saturated rings. The number of piperidine rings is 1. The Kier molecular flexibility index (Phi) is 6.52. The maximum absolute atomic E-state index is 12.8.